The Bertz CT molecular complexity index is 718. The number of para-hydroxylation sites is 1. The Morgan fingerprint density at radius 3 is 2.67 bits per heavy atom. The first-order valence-electron chi connectivity index (χ1n) is 5.71. The molecule has 0 spiro atoms. The molecule has 0 saturated heterocycles. The fraction of sp³-hybridized carbons (Fsp3) is 0. The van der Waals surface area contributed by atoms with Crippen molar-refractivity contribution in [2.75, 3.05) is 0 Å². The molecule has 0 atom stereocenters. The summed E-state index contributed by atoms with van der Waals surface area (Å²) in [6.45, 7) is 0. The van der Waals surface area contributed by atoms with Gasteiger partial charge in [-0.1, -0.05) is 33.2 Å². The number of benzene rings is 2. The molecule has 0 aliphatic heterocycles. The summed E-state index contributed by atoms with van der Waals surface area (Å²) in [4.78, 5) is 10.5. The summed E-state index contributed by atoms with van der Waals surface area (Å²) < 4.78 is 6.11. The second kappa shape index (κ2) is 6.23. The molecule has 0 amide bonds. The Labute approximate surface area is 127 Å². The van der Waals surface area contributed by atoms with Crippen LogP contribution in [0.15, 0.2) is 52.1 Å². The summed E-state index contributed by atoms with van der Waals surface area (Å²) in [7, 11) is 0. The largest absolute Gasteiger partial charge is 0.449 e. The molecule has 0 heterocycles. The third-order valence-corrected chi connectivity index (χ3v) is 3.10. The molecule has 108 valence electrons. The maximum atomic E-state index is 11.1. The van der Waals surface area contributed by atoms with Gasteiger partial charge in [-0.3, -0.25) is 10.1 Å². The van der Waals surface area contributed by atoms with Gasteiger partial charge in [0, 0.05) is 10.5 Å². The van der Waals surface area contributed by atoms with Gasteiger partial charge in [-0.25, -0.2) is 0 Å². The maximum absolute atomic E-state index is 11.1. The number of nitro benzene ring substituents is 1. The van der Waals surface area contributed by atoms with Crippen LogP contribution < -0.4 is 10.5 Å². The van der Waals surface area contributed by atoms with Crippen LogP contribution >= 0.6 is 15.9 Å². The average molecular weight is 352 g/mol. The van der Waals surface area contributed by atoms with Crippen molar-refractivity contribution < 1.29 is 14.9 Å². The number of hydrogen-bond donors (Lipinski definition) is 2. The molecule has 0 bridgehead atoms. The van der Waals surface area contributed by atoms with E-state index in [4.69, 9.17) is 15.7 Å². The summed E-state index contributed by atoms with van der Waals surface area (Å²) >= 11 is 3.17. The Hall–Kier alpha value is -2.61. The van der Waals surface area contributed by atoms with E-state index in [-0.39, 0.29) is 23.0 Å². The van der Waals surface area contributed by atoms with Gasteiger partial charge in [0.15, 0.2) is 5.84 Å². The van der Waals surface area contributed by atoms with Crippen LogP contribution in [-0.4, -0.2) is 16.0 Å². The van der Waals surface area contributed by atoms with E-state index in [1.807, 2.05) is 0 Å². The number of oxime groups is 1. The molecular weight excluding hydrogens is 342 g/mol. The van der Waals surface area contributed by atoms with Crippen molar-refractivity contribution in [1.82, 2.24) is 0 Å². The molecule has 3 N–H and O–H groups in total. The molecule has 21 heavy (non-hydrogen) atoms. The van der Waals surface area contributed by atoms with Crippen molar-refractivity contribution in [1.29, 1.82) is 0 Å². The van der Waals surface area contributed by atoms with Gasteiger partial charge in [-0.05, 0) is 24.3 Å². The Morgan fingerprint density at radius 2 is 2.00 bits per heavy atom. The van der Waals surface area contributed by atoms with Gasteiger partial charge in [0.2, 0.25) is 5.75 Å². The van der Waals surface area contributed by atoms with E-state index in [0.717, 1.165) is 0 Å². The second-order valence-electron chi connectivity index (χ2n) is 3.95. The van der Waals surface area contributed by atoms with Gasteiger partial charge in [-0.15, -0.1) is 0 Å². The highest BCUT2D eigenvalue weighted by Crippen LogP contribution is 2.34. The smallest absolute Gasteiger partial charge is 0.312 e. The molecule has 0 unspecified atom stereocenters. The highest BCUT2D eigenvalue weighted by molar-refractivity contribution is 9.10. The van der Waals surface area contributed by atoms with Crippen LogP contribution in [0.2, 0.25) is 0 Å². The van der Waals surface area contributed by atoms with Crippen LogP contribution in [0.3, 0.4) is 0 Å². The predicted molar refractivity (Wildman–Crippen MR) is 79.8 cm³/mol. The highest BCUT2D eigenvalue weighted by atomic mass is 79.9. The quantitative estimate of drug-likeness (QED) is 0.288. The summed E-state index contributed by atoms with van der Waals surface area (Å²) in [5.41, 5.74) is 5.68. The van der Waals surface area contributed by atoms with E-state index in [0.29, 0.717) is 10.0 Å². The van der Waals surface area contributed by atoms with Gasteiger partial charge in [0.05, 0.1) is 10.5 Å². The number of halogens is 1. The summed E-state index contributed by atoms with van der Waals surface area (Å²) in [6, 6.07) is 10.9. The standard InChI is InChI=1S/C13H10BrN3O4/c14-8-5-6-12(10(7-8)17(19)20)21-11-4-2-1-3-9(11)13(15)16-18/h1-7,18H,(H2,15,16). The molecule has 2 rings (SSSR count). The number of amidine groups is 1. The monoisotopic (exact) mass is 351 g/mol. The Morgan fingerprint density at radius 1 is 1.29 bits per heavy atom. The molecule has 0 radical (unpaired) electrons. The fourth-order valence-electron chi connectivity index (χ4n) is 1.66. The Balaban J connectivity index is 2.46. The molecule has 0 fully saturated rings. The van der Waals surface area contributed by atoms with E-state index >= 15 is 0 Å². The Kier molecular flexibility index (Phi) is 4.39. The molecule has 7 nitrogen and oxygen atoms in total. The average Bonchev–Trinajstić information content (AvgIpc) is 2.48. The number of nitrogens with two attached hydrogens (primary N) is 1. The lowest BCUT2D eigenvalue weighted by atomic mass is 10.2. The van der Waals surface area contributed by atoms with E-state index < -0.39 is 4.92 Å². The van der Waals surface area contributed by atoms with Gasteiger partial charge in [0.25, 0.3) is 0 Å². The lowest BCUT2D eigenvalue weighted by Gasteiger charge is -2.10. The van der Waals surface area contributed by atoms with Crippen molar-refractivity contribution in [3.63, 3.8) is 0 Å². The molecule has 8 heteroatoms. The van der Waals surface area contributed by atoms with Crippen molar-refractivity contribution in [2.45, 2.75) is 0 Å². The van der Waals surface area contributed by atoms with E-state index in [2.05, 4.69) is 21.1 Å². The lowest BCUT2D eigenvalue weighted by molar-refractivity contribution is -0.385. The van der Waals surface area contributed by atoms with Crippen LogP contribution in [0.5, 0.6) is 11.5 Å². The normalized spacial score (nSPS) is 11.2. The SMILES string of the molecule is NC(=NO)c1ccccc1Oc1ccc(Br)cc1[N+](=O)[O-]. The topological polar surface area (TPSA) is 111 Å². The first-order chi connectivity index (χ1) is 10.0. The van der Waals surface area contributed by atoms with Crippen molar-refractivity contribution in [3.8, 4) is 11.5 Å². The zero-order chi connectivity index (χ0) is 15.4. The second-order valence-corrected chi connectivity index (χ2v) is 4.87. The minimum Gasteiger partial charge on any atom is -0.449 e. The first-order valence-corrected chi connectivity index (χ1v) is 6.51. The van der Waals surface area contributed by atoms with Crippen LogP contribution in [0.25, 0.3) is 0 Å². The molecule has 0 aliphatic carbocycles. The molecule has 0 aliphatic rings. The predicted octanol–water partition coefficient (Wildman–Crippen LogP) is 3.24. The van der Waals surface area contributed by atoms with Crippen molar-refractivity contribution in [2.24, 2.45) is 10.9 Å². The molecule has 2 aromatic rings. The van der Waals surface area contributed by atoms with E-state index in [1.54, 1.807) is 30.3 Å². The third kappa shape index (κ3) is 3.29. The van der Waals surface area contributed by atoms with Gasteiger partial charge in [0.1, 0.15) is 5.75 Å². The molecule has 2 aromatic carbocycles. The summed E-state index contributed by atoms with van der Waals surface area (Å²) in [5, 5.41) is 22.7. The molecular formula is C13H10BrN3O4. The number of nitro groups is 1. The van der Waals surface area contributed by atoms with Gasteiger partial charge in [-0.2, -0.15) is 0 Å². The lowest BCUT2D eigenvalue weighted by Crippen LogP contribution is -2.14. The summed E-state index contributed by atoms with van der Waals surface area (Å²) in [5.74, 6) is 0.157. The summed E-state index contributed by atoms with van der Waals surface area (Å²) in [6.07, 6.45) is 0. The van der Waals surface area contributed by atoms with Crippen LogP contribution in [0.4, 0.5) is 5.69 Å². The maximum Gasteiger partial charge on any atom is 0.312 e. The van der Waals surface area contributed by atoms with Crippen LogP contribution in [0.1, 0.15) is 5.56 Å². The highest BCUT2D eigenvalue weighted by Gasteiger charge is 2.18. The zero-order valence-electron chi connectivity index (χ0n) is 10.6. The van der Waals surface area contributed by atoms with Crippen LogP contribution in [-0.2, 0) is 0 Å². The number of nitrogens with zero attached hydrogens (tertiary/aromatic N) is 2. The molecule has 0 saturated carbocycles. The molecule has 0 aromatic heterocycles. The van der Waals surface area contributed by atoms with Crippen LogP contribution in [0, 0.1) is 10.1 Å². The van der Waals surface area contributed by atoms with Crippen molar-refractivity contribution in [3.05, 3.63) is 62.6 Å². The van der Waals surface area contributed by atoms with E-state index in [9.17, 15) is 10.1 Å². The third-order valence-electron chi connectivity index (χ3n) is 2.61. The zero-order valence-corrected chi connectivity index (χ0v) is 12.1. The first kappa shape index (κ1) is 14.8. The van der Waals surface area contributed by atoms with Crippen molar-refractivity contribution >= 4 is 27.5 Å². The van der Waals surface area contributed by atoms with Gasteiger partial charge >= 0.3 is 5.69 Å². The number of hydrogen-bond acceptors (Lipinski definition) is 5. The minimum absolute atomic E-state index is 0.0568. The number of rotatable bonds is 4. The number of ether oxygens (including phenoxy) is 1. The van der Waals surface area contributed by atoms with E-state index in [1.165, 1.54) is 12.1 Å². The van der Waals surface area contributed by atoms with Gasteiger partial charge < -0.3 is 15.7 Å². The fourth-order valence-corrected chi connectivity index (χ4v) is 2.01. The minimum atomic E-state index is -0.549.